The molecule has 0 amide bonds. The van der Waals surface area contributed by atoms with Gasteiger partial charge in [0.05, 0.1) is 11.0 Å². The number of rotatable bonds is 5. The number of anilines is 1. The van der Waals surface area contributed by atoms with Gasteiger partial charge in [-0.1, -0.05) is 13.8 Å². The topological polar surface area (TPSA) is 81.5 Å². The lowest BCUT2D eigenvalue weighted by atomic mass is 9.95. The van der Waals surface area contributed by atoms with Crippen LogP contribution in [0.5, 0.6) is 0 Å². The van der Waals surface area contributed by atoms with Gasteiger partial charge in [0.2, 0.25) is 0 Å². The van der Waals surface area contributed by atoms with E-state index >= 15 is 0 Å². The Morgan fingerprint density at radius 1 is 1.45 bits per heavy atom. The second-order valence-corrected chi connectivity index (χ2v) is 6.06. The van der Waals surface area contributed by atoms with Crippen molar-refractivity contribution in [3.63, 3.8) is 0 Å². The lowest BCUT2D eigenvalue weighted by Gasteiger charge is -2.32. The molecule has 22 heavy (non-hydrogen) atoms. The Hall–Kier alpha value is -1.95. The highest BCUT2D eigenvalue weighted by Gasteiger charge is 2.26. The normalized spacial score (nSPS) is 21.6. The van der Waals surface area contributed by atoms with E-state index in [2.05, 4.69) is 19.2 Å². The van der Waals surface area contributed by atoms with Crippen molar-refractivity contribution >= 4 is 17.2 Å². The van der Waals surface area contributed by atoms with Crippen molar-refractivity contribution in [3.8, 4) is 0 Å². The highest BCUT2D eigenvalue weighted by Crippen LogP contribution is 2.29. The van der Waals surface area contributed by atoms with Crippen LogP contribution >= 0.6 is 0 Å². The van der Waals surface area contributed by atoms with E-state index in [1.807, 2.05) is 0 Å². The van der Waals surface area contributed by atoms with Gasteiger partial charge in [0, 0.05) is 24.3 Å². The van der Waals surface area contributed by atoms with Gasteiger partial charge in [-0.15, -0.1) is 0 Å². The van der Waals surface area contributed by atoms with Crippen molar-refractivity contribution in [3.05, 3.63) is 33.9 Å². The summed E-state index contributed by atoms with van der Waals surface area (Å²) in [5, 5.41) is 14.5. The predicted molar refractivity (Wildman–Crippen MR) is 84.3 cm³/mol. The fourth-order valence-corrected chi connectivity index (χ4v) is 2.67. The Labute approximate surface area is 130 Å². The third-order valence-corrected chi connectivity index (χ3v) is 4.02. The summed E-state index contributed by atoms with van der Waals surface area (Å²) in [5.41, 5.74) is 0.758. The van der Waals surface area contributed by atoms with Gasteiger partial charge in [0.25, 0.3) is 5.69 Å². The fourth-order valence-electron chi connectivity index (χ4n) is 2.67. The Kier molecular flexibility index (Phi) is 5.13. The zero-order valence-electron chi connectivity index (χ0n) is 13.2. The van der Waals surface area contributed by atoms with Crippen molar-refractivity contribution in [1.29, 1.82) is 0 Å². The molecule has 2 rings (SSSR count). The average Bonchev–Trinajstić information content (AvgIpc) is 2.47. The SMILES string of the molecule is CC(=O)c1ccc(N[C@H]2CCO[C@@H](C(C)C)C2)c([N+](=O)[O-])c1. The Balaban J connectivity index is 2.18. The number of ketones is 1. The molecule has 1 aliphatic rings. The minimum absolute atomic E-state index is 0.0553. The van der Waals surface area contributed by atoms with Gasteiger partial charge >= 0.3 is 0 Å². The average molecular weight is 306 g/mol. The highest BCUT2D eigenvalue weighted by atomic mass is 16.6. The minimum Gasteiger partial charge on any atom is -0.378 e. The molecule has 1 aromatic carbocycles. The number of carbonyl (C=O) groups is 1. The quantitative estimate of drug-likeness (QED) is 0.512. The van der Waals surface area contributed by atoms with Crippen molar-refractivity contribution in [2.24, 2.45) is 5.92 Å². The van der Waals surface area contributed by atoms with Crippen LogP contribution in [0.25, 0.3) is 0 Å². The second-order valence-electron chi connectivity index (χ2n) is 6.06. The van der Waals surface area contributed by atoms with Crippen molar-refractivity contribution < 1.29 is 14.5 Å². The maximum absolute atomic E-state index is 11.4. The summed E-state index contributed by atoms with van der Waals surface area (Å²) in [6.45, 7) is 6.27. The number of nitrogens with zero attached hydrogens (tertiary/aromatic N) is 1. The van der Waals surface area contributed by atoms with E-state index in [1.54, 1.807) is 12.1 Å². The van der Waals surface area contributed by atoms with Crippen molar-refractivity contribution in [1.82, 2.24) is 0 Å². The Bertz CT molecular complexity index is 571. The molecule has 0 bridgehead atoms. The number of Topliss-reactive ketones (excluding diaryl/α,β-unsaturated/α-hetero) is 1. The van der Waals surface area contributed by atoms with Crippen LogP contribution in [0.2, 0.25) is 0 Å². The number of nitrogens with one attached hydrogen (secondary N) is 1. The van der Waals surface area contributed by atoms with Gasteiger partial charge in [0.15, 0.2) is 5.78 Å². The molecule has 0 spiro atoms. The maximum Gasteiger partial charge on any atom is 0.293 e. The first kappa shape index (κ1) is 16.4. The Morgan fingerprint density at radius 2 is 2.18 bits per heavy atom. The second kappa shape index (κ2) is 6.87. The number of hydrogen-bond acceptors (Lipinski definition) is 5. The van der Waals surface area contributed by atoms with Crippen LogP contribution in [0.1, 0.15) is 44.0 Å². The molecular formula is C16H22N2O4. The molecule has 0 aliphatic carbocycles. The summed E-state index contributed by atoms with van der Waals surface area (Å²) >= 11 is 0. The first-order chi connectivity index (χ1) is 10.4. The predicted octanol–water partition coefficient (Wildman–Crippen LogP) is 3.41. The number of benzene rings is 1. The van der Waals surface area contributed by atoms with E-state index in [0.717, 1.165) is 12.8 Å². The standard InChI is InChI=1S/C16H22N2O4/c1-10(2)16-9-13(6-7-22-16)17-14-5-4-12(11(3)19)8-15(14)18(20)21/h4-5,8,10,13,16-17H,6-7,9H2,1-3H3/t13-,16+/m0/s1. The molecule has 1 aliphatic heterocycles. The molecule has 0 aromatic heterocycles. The van der Waals surface area contributed by atoms with E-state index in [-0.39, 0.29) is 23.6 Å². The van der Waals surface area contributed by atoms with Crippen LogP contribution < -0.4 is 5.32 Å². The van der Waals surface area contributed by atoms with Crippen LogP contribution in [0.4, 0.5) is 11.4 Å². The van der Waals surface area contributed by atoms with Crippen LogP contribution in [0.15, 0.2) is 18.2 Å². The first-order valence-corrected chi connectivity index (χ1v) is 7.56. The molecule has 1 saturated heterocycles. The van der Waals surface area contributed by atoms with Crippen molar-refractivity contribution in [2.75, 3.05) is 11.9 Å². The molecule has 6 heteroatoms. The monoisotopic (exact) mass is 306 g/mol. The fraction of sp³-hybridized carbons (Fsp3) is 0.562. The molecule has 0 unspecified atom stereocenters. The molecule has 120 valence electrons. The van der Waals surface area contributed by atoms with Gasteiger partial charge in [-0.05, 0) is 37.8 Å². The number of nitro groups is 1. The molecule has 1 N–H and O–H groups in total. The first-order valence-electron chi connectivity index (χ1n) is 7.56. The molecule has 6 nitrogen and oxygen atoms in total. The summed E-state index contributed by atoms with van der Waals surface area (Å²) in [7, 11) is 0. The smallest absolute Gasteiger partial charge is 0.293 e. The zero-order chi connectivity index (χ0) is 16.3. The summed E-state index contributed by atoms with van der Waals surface area (Å²) in [4.78, 5) is 22.2. The van der Waals surface area contributed by atoms with Gasteiger partial charge in [-0.2, -0.15) is 0 Å². The van der Waals surface area contributed by atoms with Gasteiger partial charge < -0.3 is 10.1 Å². The van der Waals surface area contributed by atoms with Crippen LogP contribution in [-0.2, 0) is 4.74 Å². The summed E-state index contributed by atoms with van der Waals surface area (Å²) in [6.07, 6.45) is 1.81. The van der Waals surface area contributed by atoms with Crippen molar-refractivity contribution in [2.45, 2.75) is 45.8 Å². The van der Waals surface area contributed by atoms with E-state index in [4.69, 9.17) is 4.74 Å². The summed E-state index contributed by atoms with van der Waals surface area (Å²) < 4.78 is 5.72. The van der Waals surface area contributed by atoms with Gasteiger partial charge in [-0.3, -0.25) is 14.9 Å². The third-order valence-electron chi connectivity index (χ3n) is 4.02. The number of carbonyl (C=O) groups excluding carboxylic acids is 1. The molecular weight excluding hydrogens is 284 g/mol. The lowest BCUT2D eigenvalue weighted by Crippen LogP contribution is -2.36. The van der Waals surface area contributed by atoms with E-state index in [9.17, 15) is 14.9 Å². The molecule has 1 aromatic rings. The van der Waals surface area contributed by atoms with E-state index in [0.29, 0.717) is 23.8 Å². The lowest BCUT2D eigenvalue weighted by molar-refractivity contribution is -0.384. The number of nitro benzene ring substituents is 1. The van der Waals surface area contributed by atoms with Gasteiger partial charge in [0.1, 0.15) is 5.69 Å². The molecule has 2 atom stereocenters. The van der Waals surface area contributed by atoms with Crippen LogP contribution in [0, 0.1) is 16.0 Å². The molecule has 0 saturated carbocycles. The third kappa shape index (κ3) is 3.82. The van der Waals surface area contributed by atoms with Gasteiger partial charge in [-0.25, -0.2) is 0 Å². The summed E-state index contributed by atoms with van der Waals surface area (Å²) in [5.74, 6) is 0.236. The minimum atomic E-state index is -0.450. The Morgan fingerprint density at radius 3 is 2.77 bits per heavy atom. The van der Waals surface area contributed by atoms with E-state index < -0.39 is 4.92 Å². The largest absolute Gasteiger partial charge is 0.378 e. The molecule has 1 fully saturated rings. The highest BCUT2D eigenvalue weighted by molar-refractivity contribution is 5.95. The zero-order valence-corrected chi connectivity index (χ0v) is 13.2. The molecule has 1 heterocycles. The summed E-state index contributed by atoms with van der Waals surface area (Å²) in [6, 6.07) is 4.72. The van der Waals surface area contributed by atoms with Crippen LogP contribution in [0.3, 0.4) is 0 Å². The van der Waals surface area contributed by atoms with Crippen LogP contribution in [-0.4, -0.2) is 29.5 Å². The molecule has 0 radical (unpaired) electrons. The number of hydrogen-bond donors (Lipinski definition) is 1. The van der Waals surface area contributed by atoms with E-state index in [1.165, 1.54) is 13.0 Å². The maximum atomic E-state index is 11.4. The number of ether oxygens (including phenoxy) is 1.